The summed E-state index contributed by atoms with van der Waals surface area (Å²) in [7, 11) is -4.29. The van der Waals surface area contributed by atoms with Gasteiger partial charge < -0.3 is 5.73 Å². The molecule has 3 N–H and O–H groups in total. The molecule has 2 aromatic carbocycles. The van der Waals surface area contributed by atoms with Crippen LogP contribution in [0.25, 0.3) is 0 Å². The van der Waals surface area contributed by atoms with Gasteiger partial charge in [-0.2, -0.15) is 8.42 Å². The van der Waals surface area contributed by atoms with E-state index in [1.807, 2.05) is 6.07 Å². The highest BCUT2D eigenvalue weighted by atomic mass is 32.2. The van der Waals surface area contributed by atoms with Gasteiger partial charge >= 0.3 is 0 Å². The van der Waals surface area contributed by atoms with E-state index in [9.17, 15) is 13.0 Å². The molecular weight excluding hydrogens is 262 g/mol. The largest absolute Gasteiger partial charge is 0.323 e. The first-order valence-electron chi connectivity index (χ1n) is 5.82. The molecule has 0 saturated carbocycles. The third-order valence-electron chi connectivity index (χ3n) is 2.96. The maximum Gasteiger partial charge on any atom is 0.273 e. The molecule has 2 atom stereocenters. The van der Waals surface area contributed by atoms with E-state index in [2.05, 4.69) is 0 Å². The summed E-state index contributed by atoms with van der Waals surface area (Å²) in [6.45, 7) is 0. The summed E-state index contributed by atoms with van der Waals surface area (Å²) in [5.74, 6) is 0. The fourth-order valence-corrected chi connectivity index (χ4v) is 3.09. The summed E-state index contributed by atoms with van der Waals surface area (Å²) in [4.78, 5) is 0. The van der Waals surface area contributed by atoms with Crippen LogP contribution in [-0.4, -0.2) is 13.0 Å². The Morgan fingerprint density at radius 3 is 1.68 bits per heavy atom. The molecular formula is C14H15NO3S. The van der Waals surface area contributed by atoms with Crippen LogP contribution in [0.1, 0.15) is 22.4 Å². The Labute approximate surface area is 112 Å². The van der Waals surface area contributed by atoms with Crippen molar-refractivity contribution < 1.29 is 13.0 Å². The third kappa shape index (κ3) is 3.20. The SMILES string of the molecule is NC(c1ccccc1)C(c1ccccc1)S(=O)(=O)O. The minimum atomic E-state index is -4.29. The Hall–Kier alpha value is -1.69. The Balaban J connectivity index is 2.46. The van der Waals surface area contributed by atoms with Gasteiger partial charge in [0.25, 0.3) is 10.1 Å². The van der Waals surface area contributed by atoms with Crippen LogP contribution in [0.2, 0.25) is 0 Å². The monoisotopic (exact) mass is 277 g/mol. The molecule has 0 fully saturated rings. The van der Waals surface area contributed by atoms with Crippen molar-refractivity contribution in [2.45, 2.75) is 11.3 Å². The van der Waals surface area contributed by atoms with Crippen molar-refractivity contribution in [3.05, 3.63) is 71.8 Å². The molecule has 2 aromatic rings. The normalized spacial score (nSPS) is 14.8. The van der Waals surface area contributed by atoms with Crippen LogP contribution < -0.4 is 5.73 Å². The Morgan fingerprint density at radius 1 is 0.842 bits per heavy atom. The van der Waals surface area contributed by atoms with E-state index in [1.165, 1.54) is 0 Å². The molecule has 0 amide bonds. The number of rotatable bonds is 4. The maximum absolute atomic E-state index is 11.6. The minimum absolute atomic E-state index is 0.473. The molecule has 0 aliphatic rings. The molecule has 0 aliphatic carbocycles. The molecule has 2 unspecified atom stereocenters. The maximum atomic E-state index is 11.6. The first-order valence-corrected chi connectivity index (χ1v) is 7.32. The fourth-order valence-electron chi connectivity index (χ4n) is 2.06. The van der Waals surface area contributed by atoms with E-state index in [0.29, 0.717) is 11.1 Å². The molecule has 0 aliphatic heterocycles. The van der Waals surface area contributed by atoms with Crippen molar-refractivity contribution in [3.8, 4) is 0 Å². The Bertz CT molecular complexity index is 626. The van der Waals surface area contributed by atoms with Gasteiger partial charge in [-0.15, -0.1) is 0 Å². The zero-order valence-corrected chi connectivity index (χ0v) is 11.0. The second kappa shape index (κ2) is 5.52. The van der Waals surface area contributed by atoms with Crippen molar-refractivity contribution in [1.82, 2.24) is 0 Å². The first kappa shape index (κ1) is 13.7. The number of benzene rings is 2. The van der Waals surface area contributed by atoms with Gasteiger partial charge in [-0.1, -0.05) is 60.7 Å². The van der Waals surface area contributed by atoms with Gasteiger partial charge in [-0.05, 0) is 11.1 Å². The van der Waals surface area contributed by atoms with E-state index < -0.39 is 21.4 Å². The molecule has 5 heteroatoms. The molecule has 0 heterocycles. The van der Waals surface area contributed by atoms with E-state index in [4.69, 9.17) is 5.73 Å². The van der Waals surface area contributed by atoms with Crippen LogP contribution >= 0.6 is 0 Å². The van der Waals surface area contributed by atoms with Gasteiger partial charge in [0, 0.05) is 0 Å². The average Bonchev–Trinajstić information content (AvgIpc) is 2.39. The molecule has 4 nitrogen and oxygen atoms in total. The molecule has 19 heavy (non-hydrogen) atoms. The van der Waals surface area contributed by atoms with Crippen LogP contribution in [0.4, 0.5) is 0 Å². The number of nitrogens with two attached hydrogens (primary N) is 1. The lowest BCUT2D eigenvalue weighted by atomic mass is 9.99. The molecule has 0 spiro atoms. The fraction of sp³-hybridized carbons (Fsp3) is 0.143. The van der Waals surface area contributed by atoms with Crippen molar-refractivity contribution in [1.29, 1.82) is 0 Å². The zero-order chi connectivity index (χ0) is 13.9. The Kier molecular flexibility index (Phi) is 3.99. The van der Waals surface area contributed by atoms with E-state index >= 15 is 0 Å². The van der Waals surface area contributed by atoms with Gasteiger partial charge in [0.05, 0.1) is 6.04 Å². The van der Waals surface area contributed by atoms with Crippen molar-refractivity contribution >= 4 is 10.1 Å². The predicted molar refractivity (Wildman–Crippen MR) is 74.1 cm³/mol. The van der Waals surface area contributed by atoms with Crippen LogP contribution in [0.5, 0.6) is 0 Å². The van der Waals surface area contributed by atoms with Crippen molar-refractivity contribution in [2.75, 3.05) is 0 Å². The topological polar surface area (TPSA) is 80.4 Å². The molecule has 0 bridgehead atoms. The lowest BCUT2D eigenvalue weighted by Crippen LogP contribution is -2.26. The number of hydrogen-bond donors (Lipinski definition) is 2. The summed E-state index contributed by atoms with van der Waals surface area (Å²) >= 11 is 0. The van der Waals surface area contributed by atoms with Gasteiger partial charge in [-0.25, -0.2) is 0 Å². The van der Waals surface area contributed by atoms with Crippen LogP contribution in [0.3, 0.4) is 0 Å². The van der Waals surface area contributed by atoms with E-state index in [0.717, 1.165) is 0 Å². The lowest BCUT2D eigenvalue weighted by Gasteiger charge is -2.22. The molecule has 0 radical (unpaired) electrons. The third-order valence-corrected chi connectivity index (χ3v) is 4.17. The van der Waals surface area contributed by atoms with E-state index in [1.54, 1.807) is 54.6 Å². The van der Waals surface area contributed by atoms with Gasteiger partial charge in [0.1, 0.15) is 5.25 Å². The standard InChI is InChI=1S/C14H15NO3S/c15-13(11-7-3-1-4-8-11)14(19(16,17)18)12-9-5-2-6-10-12/h1-10,13-14H,15H2,(H,16,17,18). The minimum Gasteiger partial charge on any atom is -0.323 e. The second-order valence-corrected chi connectivity index (χ2v) is 5.82. The predicted octanol–water partition coefficient (Wildman–Crippen LogP) is 2.32. The quantitative estimate of drug-likeness (QED) is 0.840. The number of hydrogen-bond acceptors (Lipinski definition) is 3. The van der Waals surface area contributed by atoms with Gasteiger partial charge in [-0.3, -0.25) is 4.55 Å². The zero-order valence-electron chi connectivity index (χ0n) is 10.2. The molecule has 2 rings (SSSR count). The molecule has 100 valence electrons. The summed E-state index contributed by atoms with van der Waals surface area (Å²) in [5.41, 5.74) is 7.15. The van der Waals surface area contributed by atoms with Crippen LogP contribution in [0, 0.1) is 0 Å². The summed E-state index contributed by atoms with van der Waals surface area (Å²) in [6, 6.07) is 16.5. The molecule has 0 saturated heterocycles. The summed E-state index contributed by atoms with van der Waals surface area (Å²) < 4.78 is 32.7. The van der Waals surface area contributed by atoms with E-state index in [-0.39, 0.29) is 0 Å². The van der Waals surface area contributed by atoms with Gasteiger partial charge in [0.2, 0.25) is 0 Å². The highest BCUT2D eigenvalue weighted by Gasteiger charge is 2.32. The average molecular weight is 277 g/mol. The van der Waals surface area contributed by atoms with Crippen LogP contribution in [0.15, 0.2) is 60.7 Å². The van der Waals surface area contributed by atoms with Gasteiger partial charge in [0.15, 0.2) is 0 Å². The summed E-state index contributed by atoms with van der Waals surface area (Å²) in [6.07, 6.45) is 0. The second-order valence-electron chi connectivity index (χ2n) is 4.28. The van der Waals surface area contributed by atoms with Crippen LogP contribution in [-0.2, 0) is 10.1 Å². The Morgan fingerprint density at radius 2 is 1.26 bits per heavy atom. The van der Waals surface area contributed by atoms with Crippen molar-refractivity contribution in [2.24, 2.45) is 5.73 Å². The highest BCUT2D eigenvalue weighted by Crippen LogP contribution is 2.32. The smallest absolute Gasteiger partial charge is 0.273 e. The lowest BCUT2D eigenvalue weighted by molar-refractivity contribution is 0.456. The first-order chi connectivity index (χ1) is 9.00. The summed E-state index contributed by atoms with van der Waals surface area (Å²) in [5, 5.41) is -1.17. The van der Waals surface area contributed by atoms with Crippen molar-refractivity contribution in [3.63, 3.8) is 0 Å². The molecule has 0 aromatic heterocycles. The highest BCUT2D eigenvalue weighted by molar-refractivity contribution is 7.86.